The van der Waals surface area contributed by atoms with Crippen LogP contribution in [0.25, 0.3) is 0 Å². The van der Waals surface area contributed by atoms with E-state index in [4.69, 9.17) is 15.9 Å². The van der Waals surface area contributed by atoms with Gasteiger partial charge in [-0.3, -0.25) is 9.79 Å². The average Bonchev–Trinajstić information content (AvgIpc) is 3.03. The Hall–Kier alpha value is -3.29. The van der Waals surface area contributed by atoms with Gasteiger partial charge in [0.25, 0.3) is 5.91 Å². The van der Waals surface area contributed by atoms with E-state index in [2.05, 4.69) is 9.98 Å². The van der Waals surface area contributed by atoms with Crippen molar-refractivity contribution in [3.8, 4) is 5.75 Å². The molecular weight excluding hydrogens is 418 g/mol. The van der Waals surface area contributed by atoms with Gasteiger partial charge < -0.3 is 25.9 Å². The second-order valence-corrected chi connectivity index (χ2v) is 9.89. The Bertz CT molecular complexity index is 1070. The molecule has 0 aliphatic carbocycles. The first-order chi connectivity index (χ1) is 15.1. The topological polar surface area (TPSA) is 130 Å². The maximum atomic E-state index is 12.8. The van der Waals surface area contributed by atoms with E-state index in [-0.39, 0.29) is 52.0 Å². The Labute approximate surface area is 196 Å². The fraction of sp³-hybridized carbons (Fsp3) is 0.480. The third-order valence-electron chi connectivity index (χ3n) is 5.47. The molecule has 0 unspecified atom stereocenters. The first-order valence-electron chi connectivity index (χ1n) is 11.0. The van der Waals surface area contributed by atoms with E-state index in [0.29, 0.717) is 11.3 Å². The molecule has 33 heavy (non-hydrogen) atoms. The predicted octanol–water partition coefficient (Wildman–Crippen LogP) is 4.34. The lowest BCUT2D eigenvalue weighted by atomic mass is 9.82. The lowest BCUT2D eigenvalue weighted by Gasteiger charge is -2.25. The van der Waals surface area contributed by atoms with Crippen LogP contribution in [-0.2, 0) is 5.41 Å². The quantitative estimate of drug-likeness (QED) is 0.456. The molecular formula is C25H37N5O3. The standard InChI is InChI=1S/C25H37N5O3/c1-13(2)20(18-12-14(3)15(4)33-18)29-23(27)22(26)28-17-11-10-16(25(5,6)7)19(21(17)31)24(32)30(8)9/h10-13,20,31H,1-9H3,(H2,26,28)(H2,27,29)/t20-/m1/s1. The number of hydrogen-bond acceptors (Lipinski definition) is 5. The first-order valence-corrected chi connectivity index (χ1v) is 11.0. The van der Waals surface area contributed by atoms with Crippen molar-refractivity contribution >= 4 is 23.3 Å². The number of nitrogens with two attached hydrogens (primary N) is 2. The van der Waals surface area contributed by atoms with Gasteiger partial charge in [-0.2, -0.15) is 0 Å². The summed E-state index contributed by atoms with van der Waals surface area (Å²) in [6, 6.07) is 5.01. The van der Waals surface area contributed by atoms with Gasteiger partial charge in [-0.15, -0.1) is 0 Å². The number of amidine groups is 2. The minimum atomic E-state index is -0.365. The van der Waals surface area contributed by atoms with E-state index >= 15 is 0 Å². The molecule has 0 aliphatic heterocycles. The number of phenols is 1. The van der Waals surface area contributed by atoms with Gasteiger partial charge in [0.15, 0.2) is 17.4 Å². The summed E-state index contributed by atoms with van der Waals surface area (Å²) in [6.07, 6.45) is 0. The van der Waals surface area contributed by atoms with Crippen LogP contribution in [0.15, 0.2) is 32.6 Å². The van der Waals surface area contributed by atoms with Gasteiger partial charge in [-0.05, 0) is 48.4 Å². The van der Waals surface area contributed by atoms with Crippen LogP contribution in [0.1, 0.15) is 73.7 Å². The van der Waals surface area contributed by atoms with Crippen LogP contribution in [0.3, 0.4) is 0 Å². The van der Waals surface area contributed by atoms with Gasteiger partial charge >= 0.3 is 0 Å². The zero-order chi connectivity index (χ0) is 25.2. The molecule has 0 radical (unpaired) electrons. The zero-order valence-corrected chi connectivity index (χ0v) is 21.1. The highest BCUT2D eigenvalue weighted by Gasteiger charge is 2.28. The molecule has 1 aromatic heterocycles. The number of rotatable bonds is 5. The molecule has 8 heteroatoms. The number of aryl methyl sites for hydroxylation is 2. The lowest BCUT2D eigenvalue weighted by Crippen LogP contribution is -2.32. The maximum Gasteiger partial charge on any atom is 0.257 e. The van der Waals surface area contributed by atoms with Crippen molar-refractivity contribution in [2.75, 3.05) is 14.1 Å². The maximum absolute atomic E-state index is 12.8. The van der Waals surface area contributed by atoms with E-state index in [1.54, 1.807) is 26.2 Å². The van der Waals surface area contributed by atoms with E-state index in [9.17, 15) is 9.90 Å². The Balaban J connectivity index is 2.54. The third-order valence-corrected chi connectivity index (χ3v) is 5.47. The van der Waals surface area contributed by atoms with Gasteiger partial charge in [0.05, 0.1) is 5.56 Å². The summed E-state index contributed by atoms with van der Waals surface area (Å²) in [6.45, 7) is 13.8. The van der Waals surface area contributed by atoms with Crippen LogP contribution in [-0.4, -0.2) is 41.7 Å². The second kappa shape index (κ2) is 9.68. The summed E-state index contributed by atoms with van der Waals surface area (Å²) in [5.74, 6) is 1.04. The number of nitrogens with zero attached hydrogens (tertiary/aromatic N) is 3. The van der Waals surface area contributed by atoms with Gasteiger partial charge in [0.1, 0.15) is 23.2 Å². The van der Waals surface area contributed by atoms with E-state index in [1.165, 1.54) is 4.90 Å². The number of benzene rings is 1. The highest BCUT2D eigenvalue weighted by molar-refractivity contribution is 6.39. The number of carbonyl (C=O) groups is 1. The summed E-state index contributed by atoms with van der Waals surface area (Å²) >= 11 is 0. The summed E-state index contributed by atoms with van der Waals surface area (Å²) in [5.41, 5.74) is 14.0. The van der Waals surface area contributed by atoms with Crippen molar-refractivity contribution in [2.24, 2.45) is 27.4 Å². The van der Waals surface area contributed by atoms with Gasteiger partial charge in [-0.1, -0.05) is 40.7 Å². The number of amides is 1. The molecule has 0 saturated heterocycles. The van der Waals surface area contributed by atoms with E-state index in [1.807, 2.05) is 54.5 Å². The molecule has 1 aromatic carbocycles. The molecule has 2 rings (SSSR count). The normalized spacial score (nSPS) is 14.0. The Kier molecular flexibility index (Phi) is 7.62. The molecule has 1 amide bonds. The molecule has 8 nitrogen and oxygen atoms in total. The summed E-state index contributed by atoms with van der Waals surface area (Å²) in [5, 5.41) is 11.0. The molecule has 1 atom stereocenters. The van der Waals surface area contributed by atoms with Crippen LogP contribution in [0.4, 0.5) is 5.69 Å². The number of hydrogen-bond donors (Lipinski definition) is 3. The van der Waals surface area contributed by atoms with Crippen LogP contribution in [0, 0.1) is 19.8 Å². The van der Waals surface area contributed by atoms with Crippen molar-refractivity contribution in [2.45, 2.75) is 59.9 Å². The highest BCUT2D eigenvalue weighted by Crippen LogP contribution is 2.38. The number of carbonyl (C=O) groups excluding carboxylic acids is 1. The highest BCUT2D eigenvalue weighted by atomic mass is 16.3. The van der Waals surface area contributed by atoms with Crippen LogP contribution in [0.2, 0.25) is 0 Å². The number of aliphatic imine (C=N–C) groups is 2. The number of aromatic hydroxyl groups is 1. The van der Waals surface area contributed by atoms with Crippen LogP contribution < -0.4 is 11.5 Å². The van der Waals surface area contributed by atoms with Crippen molar-refractivity contribution < 1.29 is 14.3 Å². The molecule has 1 heterocycles. The van der Waals surface area contributed by atoms with E-state index in [0.717, 1.165) is 11.3 Å². The molecule has 180 valence electrons. The monoisotopic (exact) mass is 455 g/mol. The lowest BCUT2D eigenvalue weighted by molar-refractivity contribution is 0.0822. The molecule has 0 aliphatic rings. The van der Waals surface area contributed by atoms with Gasteiger partial charge in [-0.25, -0.2) is 4.99 Å². The Morgan fingerprint density at radius 1 is 1.12 bits per heavy atom. The van der Waals surface area contributed by atoms with Crippen molar-refractivity contribution in [3.05, 3.63) is 46.4 Å². The number of phenolic OH excluding ortho intramolecular Hbond substituents is 1. The average molecular weight is 456 g/mol. The molecule has 2 aromatic rings. The first kappa shape index (κ1) is 26.0. The minimum Gasteiger partial charge on any atom is -0.505 e. The van der Waals surface area contributed by atoms with E-state index < -0.39 is 0 Å². The fourth-order valence-corrected chi connectivity index (χ4v) is 3.43. The molecule has 0 bridgehead atoms. The smallest absolute Gasteiger partial charge is 0.257 e. The van der Waals surface area contributed by atoms with Crippen molar-refractivity contribution in [1.29, 1.82) is 0 Å². The molecule has 0 saturated carbocycles. The third kappa shape index (κ3) is 5.74. The second-order valence-electron chi connectivity index (χ2n) is 9.89. The van der Waals surface area contributed by atoms with Gasteiger partial charge in [0, 0.05) is 14.1 Å². The molecule has 5 N–H and O–H groups in total. The van der Waals surface area contributed by atoms with Crippen LogP contribution >= 0.6 is 0 Å². The fourth-order valence-electron chi connectivity index (χ4n) is 3.43. The largest absolute Gasteiger partial charge is 0.505 e. The van der Waals surface area contributed by atoms with Gasteiger partial charge in [0.2, 0.25) is 0 Å². The molecule has 0 spiro atoms. The summed E-state index contributed by atoms with van der Waals surface area (Å²) in [7, 11) is 3.26. The SMILES string of the molecule is Cc1cc([C@H](N=C(N)C(N)=Nc2ccc(C(C)(C)C)c(C(=O)N(C)C)c2O)C(C)C)oc1C. The van der Waals surface area contributed by atoms with Crippen LogP contribution in [0.5, 0.6) is 5.75 Å². The number of furan rings is 1. The Morgan fingerprint density at radius 3 is 2.18 bits per heavy atom. The zero-order valence-electron chi connectivity index (χ0n) is 21.1. The predicted molar refractivity (Wildman–Crippen MR) is 133 cm³/mol. The minimum absolute atomic E-state index is 0.0280. The van der Waals surface area contributed by atoms with Crippen molar-refractivity contribution in [3.63, 3.8) is 0 Å². The summed E-state index contributed by atoms with van der Waals surface area (Å²) < 4.78 is 5.84. The summed E-state index contributed by atoms with van der Waals surface area (Å²) in [4.78, 5) is 23.1. The van der Waals surface area contributed by atoms with Crippen molar-refractivity contribution in [1.82, 2.24) is 4.90 Å². The Morgan fingerprint density at radius 2 is 1.73 bits per heavy atom. The molecule has 0 fully saturated rings.